The molecule has 0 saturated carbocycles. The Morgan fingerprint density at radius 3 is 2.28 bits per heavy atom. The molecule has 2 N–H and O–H groups in total. The molecule has 0 aromatic heterocycles. The molecule has 18 heavy (non-hydrogen) atoms. The molecule has 3 nitrogen and oxygen atoms in total. The third-order valence-electron chi connectivity index (χ3n) is 3.38. The van der Waals surface area contributed by atoms with Crippen LogP contribution in [0.4, 0.5) is 0 Å². The Labute approximate surface area is 115 Å². The minimum absolute atomic E-state index is 0. The van der Waals surface area contributed by atoms with E-state index in [2.05, 4.69) is 6.92 Å². The number of esters is 1. The first-order chi connectivity index (χ1) is 7.80. The third kappa shape index (κ3) is 3.24. The summed E-state index contributed by atoms with van der Waals surface area (Å²) < 4.78 is 4.79. The van der Waals surface area contributed by atoms with E-state index in [1.54, 1.807) is 13.8 Å². The van der Waals surface area contributed by atoms with Gasteiger partial charge in [-0.05, 0) is 44.4 Å². The summed E-state index contributed by atoms with van der Waals surface area (Å²) in [5.74, 6) is -0.289. The molecule has 0 radical (unpaired) electrons. The van der Waals surface area contributed by atoms with E-state index in [0.29, 0.717) is 0 Å². The quantitative estimate of drug-likeness (QED) is 0.860. The maximum atomic E-state index is 11.7. The largest absolute Gasteiger partial charge is 0.469 e. The zero-order chi connectivity index (χ0) is 13.2. The molecule has 1 aromatic rings. The number of hydrogen-bond donors (Lipinski definition) is 1. The van der Waals surface area contributed by atoms with Crippen LogP contribution in [0.15, 0.2) is 18.2 Å². The molecule has 0 amide bonds. The van der Waals surface area contributed by atoms with Gasteiger partial charge in [-0.2, -0.15) is 0 Å². The lowest BCUT2D eigenvalue weighted by Gasteiger charge is -2.29. The summed E-state index contributed by atoms with van der Waals surface area (Å²) in [5, 5.41) is 0. The first-order valence-corrected chi connectivity index (χ1v) is 5.72. The Morgan fingerprint density at radius 1 is 1.28 bits per heavy atom. The van der Waals surface area contributed by atoms with Crippen LogP contribution in [0, 0.1) is 19.3 Å². The molecule has 0 aliphatic rings. The van der Waals surface area contributed by atoms with Crippen molar-refractivity contribution in [1.29, 1.82) is 0 Å². The molecule has 0 bridgehead atoms. The maximum absolute atomic E-state index is 11.7. The SMILES string of the molecule is COC(=O)C(C)(C)[C@H](N)c1ccc(C)c(C)c1.Cl. The Morgan fingerprint density at radius 2 is 1.83 bits per heavy atom. The summed E-state index contributed by atoms with van der Waals surface area (Å²) in [5.41, 5.74) is 8.80. The lowest BCUT2D eigenvalue weighted by molar-refractivity contribution is -0.152. The molecule has 1 aromatic carbocycles. The molecule has 0 saturated heterocycles. The number of methoxy groups -OCH3 is 1. The monoisotopic (exact) mass is 271 g/mol. The first-order valence-electron chi connectivity index (χ1n) is 5.72. The lowest BCUT2D eigenvalue weighted by Crippen LogP contribution is -2.37. The van der Waals surface area contributed by atoms with Crippen molar-refractivity contribution in [1.82, 2.24) is 0 Å². The molecular formula is C14H22ClNO2. The molecule has 102 valence electrons. The third-order valence-corrected chi connectivity index (χ3v) is 3.38. The van der Waals surface area contributed by atoms with Crippen LogP contribution in [0.25, 0.3) is 0 Å². The number of halogens is 1. The number of benzene rings is 1. The summed E-state index contributed by atoms with van der Waals surface area (Å²) >= 11 is 0. The normalized spacial score (nSPS) is 12.6. The van der Waals surface area contributed by atoms with Gasteiger partial charge in [0.25, 0.3) is 0 Å². The van der Waals surface area contributed by atoms with Gasteiger partial charge in [-0.1, -0.05) is 18.2 Å². The van der Waals surface area contributed by atoms with Gasteiger partial charge in [0, 0.05) is 6.04 Å². The molecule has 0 spiro atoms. The van der Waals surface area contributed by atoms with Crippen LogP contribution in [0.2, 0.25) is 0 Å². The molecule has 4 heteroatoms. The van der Waals surface area contributed by atoms with Gasteiger partial charge < -0.3 is 10.5 Å². The van der Waals surface area contributed by atoms with Crippen LogP contribution in [0.3, 0.4) is 0 Å². The average Bonchev–Trinajstić information content (AvgIpc) is 2.30. The van der Waals surface area contributed by atoms with Crippen LogP contribution >= 0.6 is 12.4 Å². The maximum Gasteiger partial charge on any atom is 0.313 e. The van der Waals surface area contributed by atoms with Gasteiger partial charge in [0.15, 0.2) is 0 Å². The van der Waals surface area contributed by atoms with Crippen molar-refractivity contribution < 1.29 is 9.53 Å². The average molecular weight is 272 g/mol. The molecule has 1 rings (SSSR count). The van der Waals surface area contributed by atoms with Gasteiger partial charge in [-0.15, -0.1) is 12.4 Å². The topological polar surface area (TPSA) is 52.3 Å². The lowest BCUT2D eigenvalue weighted by atomic mass is 9.80. The predicted molar refractivity (Wildman–Crippen MR) is 75.9 cm³/mol. The van der Waals surface area contributed by atoms with Crippen molar-refractivity contribution in [3.8, 4) is 0 Å². The van der Waals surface area contributed by atoms with E-state index >= 15 is 0 Å². The van der Waals surface area contributed by atoms with E-state index in [0.717, 1.165) is 5.56 Å². The Kier molecular flexibility index (Phi) is 5.84. The van der Waals surface area contributed by atoms with Crippen molar-refractivity contribution in [3.05, 3.63) is 34.9 Å². The number of carbonyl (C=O) groups excluding carboxylic acids is 1. The molecular weight excluding hydrogens is 250 g/mol. The van der Waals surface area contributed by atoms with Crippen LogP contribution in [0.5, 0.6) is 0 Å². The number of hydrogen-bond acceptors (Lipinski definition) is 3. The number of ether oxygens (including phenoxy) is 1. The van der Waals surface area contributed by atoms with Gasteiger partial charge >= 0.3 is 5.97 Å². The van der Waals surface area contributed by atoms with Gasteiger partial charge in [-0.25, -0.2) is 0 Å². The van der Waals surface area contributed by atoms with E-state index in [1.807, 2.05) is 25.1 Å². The van der Waals surface area contributed by atoms with Crippen LogP contribution in [-0.2, 0) is 9.53 Å². The summed E-state index contributed by atoms with van der Waals surface area (Å²) in [6.45, 7) is 7.70. The highest BCUT2D eigenvalue weighted by atomic mass is 35.5. The molecule has 0 fully saturated rings. The number of carbonyl (C=O) groups is 1. The summed E-state index contributed by atoms with van der Waals surface area (Å²) in [6, 6.07) is 5.66. The number of nitrogens with two attached hydrogens (primary N) is 1. The van der Waals surface area contributed by atoms with Crippen LogP contribution in [0.1, 0.15) is 36.6 Å². The molecule has 0 aliphatic heterocycles. The van der Waals surface area contributed by atoms with Crippen molar-refractivity contribution in [2.24, 2.45) is 11.1 Å². The second-order valence-electron chi connectivity index (χ2n) is 5.03. The molecule has 0 heterocycles. The van der Waals surface area contributed by atoms with Crippen molar-refractivity contribution in [3.63, 3.8) is 0 Å². The predicted octanol–water partition coefficient (Wildman–Crippen LogP) is 2.92. The van der Waals surface area contributed by atoms with E-state index < -0.39 is 5.41 Å². The van der Waals surface area contributed by atoms with E-state index in [4.69, 9.17) is 10.5 Å². The first kappa shape index (κ1) is 16.9. The Hall–Kier alpha value is -1.06. The minimum Gasteiger partial charge on any atom is -0.469 e. The smallest absolute Gasteiger partial charge is 0.313 e. The van der Waals surface area contributed by atoms with Gasteiger partial charge in [0.2, 0.25) is 0 Å². The van der Waals surface area contributed by atoms with Crippen LogP contribution in [-0.4, -0.2) is 13.1 Å². The zero-order valence-corrected chi connectivity index (χ0v) is 12.4. The highest BCUT2D eigenvalue weighted by molar-refractivity contribution is 5.85. The molecule has 0 unspecified atom stereocenters. The van der Waals surface area contributed by atoms with Gasteiger partial charge in [0.05, 0.1) is 12.5 Å². The minimum atomic E-state index is -0.726. The number of rotatable bonds is 3. The molecule has 0 aliphatic carbocycles. The van der Waals surface area contributed by atoms with E-state index in [1.165, 1.54) is 18.2 Å². The summed E-state index contributed by atoms with van der Waals surface area (Å²) in [4.78, 5) is 11.7. The van der Waals surface area contributed by atoms with Gasteiger partial charge in [-0.3, -0.25) is 4.79 Å². The van der Waals surface area contributed by atoms with Gasteiger partial charge in [0.1, 0.15) is 0 Å². The Balaban J connectivity index is 0.00000289. The Bertz CT molecular complexity index is 430. The van der Waals surface area contributed by atoms with Crippen molar-refractivity contribution >= 4 is 18.4 Å². The van der Waals surface area contributed by atoms with Crippen molar-refractivity contribution in [2.45, 2.75) is 33.7 Å². The number of aryl methyl sites for hydroxylation is 2. The zero-order valence-electron chi connectivity index (χ0n) is 11.6. The molecule has 1 atom stereocenters. The van der Waals surface area contributed by atoms with Crippen molar-refractivity contribution in [2.75, 3.05) is 7.11 Å². The summed E-state index contributed by atoms with van der Waals surface area (Å²) in [7, 11) is 1.39. The standard InChI is InChI=1S/C14H21NO2.ClH/c1-9-6-7-11(8-10(9)2)12(15)14(3,4)13(16)17-5;/h6-8,12H,15H2,1-5H3;1H/t12-;/m1./s1. The second-order valence-corrected chi connectivity index (χ2v) is 5.03. The fourth-order valence-electron chi connectivity index (χ4n) is 1.76. The van der Waals surface area contributed by atoms with E-state index in [-0.39, 0.29) is 24.4 Å². The highest BCUT2D eigenvalue weighted by Crippen LogP contribution is 2.33. The van der Waals surface area contributed by atoms with Crippen LogP contribution < -0.4 is 5.73 Å². The second kappa shape index (κ2) is 6.21. The highest BCUT2D eigenvalue weighted by Gasteiger charge is 2.36. The fourth-order valence-corrected chi connectivity index (χ4v) is 1.76. The fraction of sp³-hybridized carbons (Fsp3) is 0.500. The summed E-state index contributed by atoms with van der Waals surface area (Å²) in [6.07, 6.45) is 0. The van der Waals surface area contributed by atoms with E-state index in [9.17, 15) is 4.79 Å².